The molecule has 1 amide bonds. The van der Waals surface area contributed by atoms with Crippen molar-refractivity contribution in [1.29, 1.82) is 0 Å². The molecule has 2 aromatic carbocycles. The Morgan fingerprint density at radius 2 is 2.00 bits per heavy atom. The molecule has 2 N–H and O–H groups in total. The maximum absolute atomic E-state index is 12.6. The lowest BCUT2D eigenvalue weighted by molar-refractivity contribution is -0.124. The molecule has 5 rings (SSSR count). The zero-order valence-electron chi connectivity index (χ0n) is 18.0. The molecule has 7 nitrogen and oxygen atoms in total. The molecule has 0 saturated heterocycles. The summed E-state index contributed by atoms with van der Waals surface area (Å²) in [5.41, 5.74) is 4.20. The van der Waals surface area contributed by atoms with Gasteiger partial charge in [-0.1, -0.05) is 0 Å². The van der Waals surface area contributed by atoms with Gasteiger partial charge in [0.1, 0.15) is 17.1 Å². The van der Waals surface area contributed by atoms with Crippen molar-refractivity contribution in [1.82, 2.24) is 10.3 Å². The number of hydrogen-bond donors (Lipinski definition) is 2. The van der Waals surface area contributed by atoms with Crippen LogP contribution in [0.2, 0.25) is 0 Å². The van der Waals surface area contributed by atoms with Gasteiger partial charge in [-0.25, -0.2) is 4.79 Å². The highest BCUT2D eigenvalue weighted by Gasteiger charge is 2.26. The highest BCUT2D eigenvalue weighted by atomic mass is 16.5. The molecule has 32 heavy (non-hydrogen) atoms. The first-order chi connectivity index (χ1) is 15.5. The van der Waals surface area contributed by atoms with E-state index in [0.717, 1.165) is 52.6 Å². The fourth-order valence-corrected chi connectivity index (χ4v) is 4.49. The highest BCUT2D eigenvalue weighted by molar-refractivity contribution is 5.87. The van der Waals surface area contributed by atoms with E-state index < -0.39 is 5.63 Å². The molecule has 164 valence electrons. The largest absolute Gasteiger partial charge is 0.497 e. The SMILES string of the molecule is COc1ccc2[nH]c3c(c2c1)CCC[C@H]3NC(=O)COc1ccc2c(C)cc(=O)oc2c1. The number of amides is 1. The van der Waals surface area contributed by atoms with E-state index in [9.17, 15) is 9.59 Å². The number of benzene rings is 2. The third kappa shape index (κ3) is 3.70. The number of carbonyl (C=O) groups is 1. The molecule has 0 unspecified atom stereocenters. The normalized spacial score (nSPS) is 15.5. The third-order valence-electron chi connectivity index (χ3n) is 6.04. The smallest absolute Gasteiger partial charge is 0.336 e. The van der Waals surface area contributed by atoms with Crippen LogP contribution in [-0.2, 0) is 11.2 Å². The Morgan fingerprint density at radius 1 is 1.16 bits per heavy atom. The molecular formula is C25H24N2O5. The quantitative estimate of drug-likeness (QED) is 0.462. The summed E-state index contributed by atoms with van der Waals surface area (Å²) < 4.78 is 16.3. The Hall–Kier alpha value is -3.74. The molecule has 2 heterocycles. The number of aromatic amines is 1. The number of methoxy groups -OCH3 is 1. The zero-order chi connectivity index (χ0) is 22.2. The molecule has 7 heteroatoms. The Bertz CT molecular complexity index is 1380. The minimum atomic E-state index is -0.408. The second kappa shape index (κ2) is 8.07. The Labute approximate surface area is 184 Å². The first kappa shape index (κ1) is 20.2. The van der Waals surface area contributed by atoms with E-state index in [2.05, 4.69) is 10.3 Å². The van der Waals surface area contributed by atoms with Crippen molar-refractivity contribution in [2.24, 2.45) is 0 Å². The van der Waals surface area contributed by atoms with E-state index in [-0.39, 0.29) is 18.6 Å². The molecule has 0 bridgehead atoms. The van der Waals surface area contributed by atoms with Crippen LogP contribution in [-0.4, -0.2) is 24.6 Å². The average molecular weight is 432 g/mol. The standard InChI is InChI=1S/C25H24N2O5/c1-14-10-24(29)32-22-12-16(6-8-17(14)22)31-13-23(28)26-21-5-3-4-18-19-11-15(30-2)7-9-20(19)27-25(18)21/h6-12,21,27H,3-5,13H2,1-2H3,(H,26,28)/t21-/m1/s1. The minimum absolute atomic E-state index is 0.0921. The summed E-state index contributed by atoms with van der Waals surface area (Å²) in [5.74, 6) is 1.09. The predicted molar refractivity (Wildman–Crippen MR) is 121 cm³/mol. The molecular weight excluding hydrogens is 408 g/mol. The van der Waals surface area contributed by atoms with Crippen LogP contribution in [0, 0.1) is 6.92 Å². The van der Waals surface area contributed by atoms with Gasteiger partial charge in [-0.15, -0.1) is 0 Å². The maximum Gasteiger partial charge on any atom is 0.336 e. The molecule has 0 fully saturated rings. The van der Waals surface area contributed by atoms with Gasteiger partial charge in [0.05, 0.1) is 13.2 Å². The fourth-order valence-electron chi connectivity index (χ4n) is 4.49. The fraction of sp³-hybridized carbons (Fsp3) is 0.280. The van der Waals surface area contributed by atoms with Gasteiger partial charge >= 0.3 is 5.63 Å². The summed E-state index contributed by atoms with van der Waals surface area (Å²) >= 11 is 0. The van der Waals surface area contributed by atoms with Crippen LogP contribution in [0.1, 0.15) is 35.7 Å². The van der Waals surface area contributed by atoms with Gasteiger partial charge in [-0.05, 0) is 67.6 Å². The monoisotopic (exact) mass is 432 g/mol. The predicted octanol–water partition coefficient (Wildman–Crippen LogP) is 4.16. The molecule has 0 saturated carbocycles. The number of rotatable bonds is 5. The van der Waals surface area contributed by atoms with Gasteiger partial charge in [0.2, 0.25) is 0 Å². The number of H-pyrrole nitrogens is 1. The van der Waals surface area contributed by atoms with Crippen LogP contribution >= 0.6 is 0 Å². The van der Waals surface area contributed by atoms with E-state index in [1.807, 2.05) is 31.2 Å². The third-order valence-corrected chi connectivity index (χ3v) is 6.04. The van der Waals surface area contributed by atoms with Crippen LogP contribution in [0.5, 0.6) is 11.5 Å². The van der Waals surface area contributed by atoms with Crippen molar-refractivity contribution < 1.29 is 18.7 Å². The molecule has 0 spiro atoms. The van der Waals surface area contributed by atoms with Gasteiger partial charge in [0.15, 0.2) is 6.61 Å². The number of aromatic nitrogens is 1. The lowest BCUT2D eigenvalue weighted by atomic mass is 9.91. The minimum Gasteiger partial charge on any atom is -0.497 e. The van der Waals surface area contributed by atoms with Crippen LogP contribution < -0.4 is 20.4 Å². The average Bonchev–Trinajstić information content (AvgIpc) is 3.16. The first-order valence-electron chi connectivity index (χ1n) is 10.7. The summed E-state index contributed by atoms with van der Waals surface area (Å²) in [5, 5.41) is 5.07. The number of carbonyl (C=O) groups excluding carboxylic acids is 1. The molecule has 2 aromatic heterocycles. The van der Waals surface area contributed by atoms with Crippen LogP contribution in [0.4, 0.5) is 0 Å². The van der Waals surface area contributed by atoms with Gasteiger partial charge < -0.3 is 24.2 Å². The maximum atomic E-state index is 12.6. The van der Waals surface area contributed by atoms with Crippen LogP contribution in [0.15, 0.2) is 51.7 Å². The van der Waals surface area contributed by atoms with E-state index in [4.69, 9.17) is 13.9 Å². The topological polar surface area (TPSA) is 93.6 Å². The number of hydrogen-bond acceptors (Lipinski definition) is 5. The molecule has 1 aliphatic rings. The van der Waals surface area contributed by atoms with Crippen molar-refractivity contribution >= 4 is 27.8 Å². The lowest BCUT2D eigenvalue weighted by Gasteiger charge is -2.24. The van der Waals surface area contributed by atoms with E-state index in [1.54, 1.807) is 19.2 Å². The summed E-state index contributed by atoms with van der Waals surface area (Å²) in [6.45, 7) is 1.73. The summed E-state index contributed by atoms with van der Waals surface area (Å²) in [6.07, 6.45) is 2.82. The van der Waals surface area contributed by atoms with E-state index in [0.29, 0.717) is 11.3 Å². The summed E-state index contributed by atoms with van der Waals surface area (Å²) in [7, 11) is 1.66. The molecule has 0 radical (unpaired) electrons. The Morgan fingerprint density at radius 3 is 2.84 bits per heavy atom. The number of fused-ring (bicyclic) bond motifs is 4. The van der Waals surface area contributed by atoms with Gasteiger partial charge in [0, 0.05) is 34.1 Å². The van der Waals surface area contributed by atoms with Crippen molar-refractivity contribution in [3.8, 4) is 11.5 Å². The van der Waals surface area contributed by atoms with Crippen molar-refractivity contribution in [2.45, 2.75) is 32.2 Å². The Balaban J connectivity index is 1.30. The van der Waals surface area contributed by atoms with Crippen molar-refractivity contribution in [2.75, 3.05) is 13.7 Å². The number of aryl methyl sites for hydroxylation is 2. The van der Waals surface area contributed by atoms with Gasteiger partial charge in [0.25, 0.3) is 5.91 Å². The van der Waals surface area contributed by atoms with Crippen molar-refractivity contribution in [3.63, 3.8) is 0 Å². The van der Waals surface area contributed by atoms with Gasteiger partial charge in [-0.3, -0.25) is 4.79 Å². The summed E-state index contributed by atoms with van der Waals surface area (Å²) in [6, 6.07) is 12.6. The van der Waals surface area contributed by atoms with E-state index >= 15 is 0 Å². The van der Waals surface area contributed by atoms with Crippen molar-refractivity contribution in [3.05, 3.63) is 69.7 Å². The zero-order valence-corrected chi connectivity index (χ0v) is 18.0. The molecule has 1 aliphatic carbocycles. The summed E-state index contributed by atoms with van der Waals surface area (Å²) in [4.78, 5) is 27.7. The highest BCUT2D eigenvalue weighted by Crippen LogP contribution is 2.36. The molecule has 4 aromatic rings. The molecule has 0 aliphatic heterocycles. The first-order valence-corrected chi connectivity index (χ1v) is 10.7. The second-order valence-corrected chi connectivity index (χ2v) is 8.14. The number of nitrogens with one attached hydrogen (secondary N) is 2. The van der Waals surface area contributed by atoms with Crippen LogP contribution in [0.3, 0.4) is 0 Å². The lowest BCUT2D eigenvalue weighted by Crippen LogP contribution is -2.34. The van der Waals surface area contributed by atoms with Gasteiger partial charge in [-0.2, -0.15) is 0 Å². The number of ether oxygens (including phenoxy) is 2. The second-order valence-electron chi connectivity index (χ2n) is 8.14. The Kier molecular flexibility index (Phi) is 5.09. The van der Waals surface area contributed by atoms with Crippen LogP contribution in [0.25, 0.3) is 21.9 Å². The molecule has 1 atom stereocenters. The van der Waals surface area contributed by atoms with E-state index in [1.165, 1.54) is 11.6 Å².